The predicted octanol–water partition coefficient (Wildman–Crippen LogP) is 4.91. The van der Waals surface area contributed by atoms with Gasteiger partial charge in [0.25, 0.3) is 0 Å². The van der Waals surface area contributed by atoms with E-state index in [9.17, 15) is 4.79 Å². The van der Waals surface area contributed by atoms with Crippen LogP contribution in [0.5, 0.6) is 0 Å². The predicted molar refractivity (Wildman–Crippen MR) is 155 cm³/mol. The molecule has 0 fully saturated rings. The quantitative estimate of drug-likeness (QED) is 0.205. The van der Waals surface area contributed by atoms with Gasteiger partial charge in [0.1, 0.15) is 17.2 Å². The smallest absolute Gasteiger partial charge is 0.246 e. The average Bonchev–Trinajstić information content (AvgIpc) is 3.56. The highest BCUT2D eigenvalue weighted by Crippen LogP contribution is 2.33. The molecule has 0 aliphatic carbocycles. The van der Waals surface area contributed by atoms with Gasteiger partial charge in [-0.2, -0.15) is 0 Å². The van der Waals surface area contributed by atoms with Crippen molar-refractivity contribution in [2.24, 2.45) is 0 Å². The Bertz CT molecular complexity index is 1960. The number of para-hydroxylation sites is 3. The second-order valence-corrected chi connectivity index (χ2v) is 9.99. The molecule has 0 N–H and O–H groups in total. The average molecular weight is 588 g/mol. The van der Waals surface area contributed by atoms with Gasteiger partial charge in [0.05, 0.1) is 0 Å². The largest absolute Gasteiger partial charge is 1.00 e. The number of halogens is 1. The number of nitrogens with zero attached hydrogens (tertiary/aromatic N) is 2. The second kappa shape index (κ2) is 10.6. The van der Waals surface area contributed by atoms with Crippen LogP contribution in [-0.2, 0) is 0 Å². The Hall–Kier alpha value is -4.48. The van der Waals surface area contributed by atoms with Crippen molar-refractivity contribution in [3.05, 3.63) is 150 Å². The molecule has 0 radical (unpaired) electrons. The van der Waals surface area contributed by atoms with Crippen molar-refractivity contribution in [3.63, 3.8) is 0 Å². The number of aromatic nitrogens is 2. The highest BCUT2D eigenvalue weighted by atomic mass is 79.9. The molecule has 2 atom stereocenters. The number of Topliss-reactive ketones (excluding diaryl/α,β-unsaturated/α-hetero) is 1. The fourth-order valence-corrected chi connectivity index (χ4v) is 5.67. The number of hydrogen-bond donors (Lipinski definition) is 0. The summed E-state index contributed by atoms with van der Waals surface area (Å²) >= 11 is 0. The summed E-state index contributed by atoms with van der Waals surface area (Å²) < 4.78 is 10.5. The molecule has 0 aliphatic heterocycles. The van der Waals surface area contributed by atoms with Gasteiger partial charge in [0.15, 0.2) is 17.1 Å². The molecule has 5 heteroatoms. The highest BCUT2D eigenvalue weighted by molar-refractivity contribution is 6.05. The Morgan fingerprint density at radius 2 is 1.35 bits per heavy atom. The molecule has 0 bridgehead atoms. The molecule has 5 aromatic carbocycles. The first kappa shape index (κ1) is 25.8. The molecule has 2 unspecified atom stereocenters. The molecule has 7 aromatic rings. The lowest BCUT2D eigenvalue weighted by molar-refractivity contribution is -0.674. The Morgan fingerprint density at radius 1 is 0.700 bits per heavy atom. The van der Waals surface area contributed by atoms with Gasteiger partial charge in [0, 0.05) is 21.9 Å². The van der Waals surface area contributed by atoms with E-state index in [1.165, 1.54) is 5.56 Å². The van der Waals surface area contributed by atoms with Crippen molar-refractivity contribution in [1.29, 1.82) is 0 Å². The molecular formula is C35H27BrN2O2. The summed E-state index contributed by atoms with van der Waals surface area (Å²) in [5.74, 6) is 0.0636. The van der Waals surface area contributed by atoms with E-state index in [2.05, 4.69) is 64.8 Å². The monoisotopic (exact) mass is 586 g/mol. The third-order valence-electron chi connectivity index (χ3n) is 7.69. The zero-order valence-corrected chi connectivity index (χ0v) is 23.5. The normalized spacial score (nSPS) is 12.8. The number of fused-ring (bicyclic) bond motifs is 4. The first-order valence-electron chi connectivity index (χ1n) is 13.2. The van der Waals surface area contributed by atoms with E-state index in [0.29, 0.717) is 5.56 Å². The minimum atomic E-state index is -0.493. The number of furan rings is 1. The maximum Gasteiger partial charge on any atom is 0.246 e. The summed E-state index contributed by atoms with van der Waals surface area (Å²) in [6.45, 7) is 2.21. The van der Waals surface area contributed by atoms with Crippen molar-refractivity contribution in [1.82, 2.24) is 4.57 Å². The van der Waals surface area contributed by atoms with Crippen LogP contribution in [-0.4, -0.2) is 10.4 Å². The molecule has 40 heavy (non-hydrogen) atoms. The Balaban J connectivity index is 0.00000289. The fourth-order valence-electron chi connectivity index (χ4n) is 5.67. The molecule has 0 saturated heterocycles. The Labute approximate surface area is 242 Å². The van der Waals surface area contributed by atoms with E-state index in [-0.39, 0.29) is 28.8 Å². The number of rotatable bonds is 6. The zero-order chi connectivity index (χ0) is 26.3. The summed E-state index contributed by atoms with van der Waals surface area (Å²) in [5.41, 5.74) is 6.69. The minimum Gasteiger partial charge on any atom is -1.00 e. The molecule has 0 amide bonds. The van der Waals surface area contributed by atoms with Crippen molar-refractivity contribution < 1.29 is 30.8 Å². The van der Waals surface area contributed by atoms with Crippen molar-refractivity contribution in [2.75, 3.05) is 0 Å². The standard InChI is InChI=1S/C35H27N2O2.BrH/c1-24(27-20-21-33-29(22-27)28-16-8-11-19-32(28)39-33)36-23-37(31-18-10-9-17-30(31)36)34(25-12-4-2-5-13-25)35(38)26-14-6-3-7-15-26;/h2-24,34H,1H3;1H/q+1;/p-1. The fraction of sp³-hybridized carbons (Fsp3) is 0.0857. The van der Waals surface area contributed by atoms with Crippen LogP contribution < -0.4 is 21.5 Å². The van der Waals surface area contributed by atoms with Crippen LogP contribution in [0, 0.1) is 0 Å². The Kier molecular flexibility index (Phi) is 6.82. The third kappa shape index (κ3) is 4.33. The van der Waals surface area contributed by atoms with Gasteiger partial charge in [-0.15, -0.1) is 0 Å². The number of hydrogen-bond acceptors (Lipinski definition) is 2. The summed E-state index contributed by atoms with van der Waals surface area (Å²) in [7, 11) is 0. The van der Waals surface area contributed by atoms with Crippen molar-refractivity contribution in [3.8, 4) is 0 Å². The Morgan fingerprint density at radius 3 is 2.15 bits per heavy atom. The van der Waals surface area contributed by atoms with Gasteiger partial charge >= 0.3 is 0 Å². The number of imidazole rings is 1. The van der Waals surface area contributed by atoms with Gasteiger partial charge in [-0.05, 0) is 42.8 Å². The maximum atomic E-state index is 14.0. The van der Waals surface area contributed by atoms with Gasteiger partial charge in [-0.25, -0.2) is 9.13 Å². The summed E-state index contributed by atoms with van der Waals surface area (Å²) in [6.07, 6.45) is 2.10. The van der Waals surface area contributed by atoms with E-state index in [0.717, 1.165) is 38.5 Å². The lowest BCUT2D eigenvalue weighted by Gasteiger charge is -2.14. The first-order valence-corrected chi connectivity index (χ1v) is 13.2. The molecule has 0 saturated carbocycles. The molecule has 2 heterocycles. The van der Waals surface area contributed by atoms with E-state index in [4.69, 9.17) is 4.42 Å². The van der Waals surface area contributed by atoms with Crippen LogP contribution in [0.4, 0.5) is 0 Å². The topological polar surface area (TPSA) is 39.0 Å². The SMILES string of the molecule is CC(c1ccc2oc3ccccc3c2c1)n1c[n+](C(C(=O)c2ccccc2)c2ccccc2)c2ccccc21.[Br-]. The number of benzene rings is 5. The van der Waals surface area contributed by atoms with Crippen LogP contribution >= 0.6 is 0 Å². The van der Waals surface area contributed by atoms with E-state index in [1.54, 1.807) is 0 Å². The molecule has 2 aromatic heterocycles. The van der Waals surface area contributed by atoms with Crippen LogP contribution in [0.25, 0.3) is 33.0 Å². The van der Waals surface area contributed by atoms with Crippen molar-refractivity contribution >= 4 is 38.8 Å². The molecule has 4 nitrogen and oxygen atoms in total. The second-order valence-electron chi connectivity index (χ2n) is 9.99. The number of ketones is 1. The highest BCUT2D eigenvalue weighted by Gasteiger charge is 2.32. The van der Waals surface area contributed by atoms with E-state index >= 15 is 0 Å². The van der Waals surface area contributed by atoms with Gasteiger partial charge in [-0.1, -0.05) is 97.1 Å². The van der Waals surface area contributed by atoms with Gasteiger partial charge < -0.3 is 21.4 Å². The van der Waals surface area contributed by atoms with Crippen molar-refractivity contribution in [2.45, 2.75) is 19.0 Å². The molecule has 0 aliphatic rings. The number of carbonyl (C=O) groups is 1. The lowest BCUT2D eigenvalue weighted by atomic mass is 9.97. The van der Waals surface area contributed by atoms with Gasteiger partial charge in [-0.3, -0.25) is 4.79 Å². The van der Waals surface area contributed by atoms with E-state index in [1.807, 2.05) is 84.9 Å². The summed E-state index contributed by atoms with van der Waals surface area (Å²) in [4.78, 5) is 14.0. The van der Waals surface area contributed by atoms with Crippen LogP contribution in [0.3, 0.4) is 0 Å². The van der Waals surface area contributed by atoms with Crippen LogP contribution in [0.15, 0.2) is 138 Å². The molecule has 7 rings (SSSR count). The molecule has 196 valence electrons. The zero-order valence-electron chi connectivity index (χ0n) is 21.9. The summed E-state index contributed by atoms with van der Waals surface area (Å²) in [6, 6.07) is 42.0. The third-order valence-corrected chi connectivity index (χ3v) is 7.69. The minimum absolute atomic E-state index is 0. The lowest BCUT2D eigenvalue weighted by Crippen LogP contribution is -3.00. The van der Waals surface area contributed by atoms with Crippen LogP contribution in [0.1, 0.15) is 40.5 Å². The van der Waals surface area contributed by atoms with Crippen LogP contribution in [0.2, 0.25) is 0 Å². The maximum absolute atomic E-state index is 14.0. The summed E-state index contributed by atoms with van der Waals surface area (Å²) in [5, 5.41) is 2.23. The molecular weight excluding hydrogens is 560 g/mol. The van der Waals surface area contributed by atoms with E-state index < -0.39 is 6.04 Å². The van der Waals surface area contributed by atoms with Gasteiger partial charge in [0.2, 0.25) is 12.1 Å². The number of carbonyl (C=O) groups excluding carboxylic acids is 1. The molecule has 0 spiro atoms. The first-order chi connectivity index (χ1) is 19.2.